The highest BCUT2D eigenvalue weighted by Gasteiger charge is 2.50. The summed E-state index contributed by atoms with van der Waals surface area (Å²) in [5.41, 5.74) is 1.06. The fourth-order valence-corrected chi connectivity index (χ4v) is 5.15. The molecule has 0 radical (unpaired) electrons. The molecule has 2 saturated heterocycles. The van der Waals surface area contributed by atoms with E-state index in [0.29, 0.717) is 32.2 Å². The Morgan fingerprint density at radius 3 is 2.54 bits per heavy atom. The van der Waals surface area contributed by atoms with Gasteiger partial charge >= 0.3 is 18.0 Å². The number of nitrogens with zero attached hydrogens (tertiary/aromatic N) is 2. The monoisotopic (exact) mass is 488 g/mol. The van der Waals surface area contributed by atoms with Crippen LogP contribution < -0.4 is 10.6 Å². The predicted molar refractivity (Wildman–Crippen MR) is 129 cm³/mol. The molecule has 0 aromatic heterocycles. The van der Waals surface area contributed by atoms with Gasteiger partial charge < -0.3 is 25.0 Å². The number of carbonyl (C=O) groups is 4. The average Bonchev–Trinajstić information content (AvgIpc) is 3.25. The van der Waals surface area contributed by atoms with Gasteiger partial charge in [0.1, 0.15) is 12.1 Å². The SMILES string of the molecule is CCOC(=O)[C@H](CCc1ccccc1)N[C@H](C)C(=O)N1[C@H](C(=O)O)C[C@@H]2CCN(C(=O)NC)C[C@@H]21. The summed E-state index contributed by atoms with van der Waals surface area (Å²) < 4.78 is 5.23. The van der Waals surface area contributed by atoms with Crippen molar-refractivity contribution < 1.29 is 29.0 Å². The highest BCUT2D eigenvalue weighted by atomic mass is 16.5. The number of ether oxygens (including phenoxy) is 1. The molecule has 1 aromatic rings. The van der Waals surface area contributed by atoms with Crippen LogP contribution in [0.2, 0.25) is 0 Å². The lowest BCUT2D eigenvalue weighted by atomic mass is 9.91. The number of aryl methyl sites for hydroxylation is 1. The Bertz CT molecular complexity index is 910. The van der Waals surface area contributed by atoms with Gasteiger partial charge in [-0.15, -0.1) is 0 Å². The number of amides is 3. The fraction of sp³-hybridized carbons (Fsp3) is 0.600. The maximum atomic E-state index is 13.6. The van der Waals surface area contributed by atoms with Gasteiger partial charge in [-0.1, -0.05) is 30.3 Å². The third-order valence-electron chi connectivity index (χ3n) is 6.94. The van der Waals surface area contributed by atoms with Crippen molar-refractivity contribution in [3.63, 3.8) is 0 Å². The Morgan fingerprint density at radius 2 is 1.91 bits per heavy atom. The lowest BCUT2D eigenvalue weighted by molar-refractivity contribution is -0.152. The van der Waals surface area contributed by atoms with E-state index in [1.807, 2.05) is 30.3 Å². The van der Waals surface area contributed by atoms with Crippen molar-refractivity contribution in [1.82, 2.24) is 20.4 Å². The van der Waals surface area contributed by atoms with Crippen LogP contribution in [0.5, 0.6) is 0 Å². The van der Waals surface area contributed by atoms with E-state index in [1.165, 1.54) is 4.90 Å². The summed E-state index contributed by atoms with van der Waals surface area (Å²) in [5, 5.41) is 15.5. The minimum Gasteiger partial charge on any atom is -0.480 e. The second kappa shape index (κ2) is 12.0. The number of aliphatic carboxylic acids is 1. The number of likely N-dealkylation sites (tertiary alicyclic amines) is 2. The molecule has 0 aliphatic carbocycles. The number of hydrogen-bond donors (Lipinski definition) is 3. The van der Waals surface area contributed by atoms with E-state index in [-0.39, 0.29) is 31.1 Å². The van der Waals surface area contributed by atoms with E-state index in [2.05, 4.69) is 10.6 Å². The third kappa shape index (κ3) is 6.30. The van der Waals surface area contributed by atoms with Crippen LogP contribution in [-0.2, 0) is 25.5 Å². The van der Waals surface area contributed by atoms with Crippen LogP contribution in [0.1, 0.15) is 38.7 Å². The Morgan fingerprint density at radius 1 is 1.20 bits per heavy atom. The summed E-state index contributed by atoms with van der Waals surface area (Å²) in [5.74, 6) is -1.89. The molecule has 0 unspecified atom stereocenters. The largest absolute Gasteiger partial charge is 0.480 e. The van der Waals surface area contributed by atoms with Crippen molar-refractivity contribution in [3.8, 4) is 0 Å². The molecule has 2 aliphatic heterocycles. The van der Waals surface area contributed by atoms with Crippen LogP contribution in [0.25, 0.3) is 0 Å². The van der Waals surface area contributed by atoms with E-state index in [1.54, 1.807) is 25.8 Å². The normalized spacial score (nSPS) is 23.2. The van der Waals surface area contributed by atoms with Crippen molar-refractivity contribution in [2.45, 2.75) is 63.7 Å². The maximum Gasteiger partial charge on any atom is 0.326 e. The minimum absolute atomic E-state index is 0.00657. The van der Waals surface area contributed by atoms with Gasteiger partial charge in [-0.2, -0.15) is 0 Å². The van der Waals surface area contributed by atoms with Crippen molar-refractivity contribution >= 4 is 23.9 Å². The number of fused-ring (bicyclic) bond motifs is 1. The Labute approximate surface area is 206 Å². The second-order valence-electron chi connectivity index (χ2n) is 9.17. The molecular weight excluding hydrogens is 452 g/mol. The standard InChI is InChI=1S/C25H36N4O6/c1-4-35-24(33)19(11-10-17-8-6-5-7-9-17)27-16(2)22(30)29-20(23(31)32)14-18-12-13-28(15-21(18)29)25(34)26-3/h5-9,16,18-21,27H,4,10-15H2,1-3H3,(H,26,34)(H,31,32)/t16-,18+,19+,20+,21+/m1/s1. The highest BCUT2D eigenvalue weighted by molar-refractivity contribution is 5.88. The summed E-state index contributed by atoms with van der Waals surface area (Å²) in [6.45, 7) is 4.39. The van der Waals surface area contributed by atoms with Gasteiger partial charge in [0, 0.05) is 20.1 Å². The van der Waals surface area contributed by atoms with Crippen molar-refractivity contribution in [3.05, 3.63) is 35.9 Å². The number of carboxylic acid groups (broad SMARTS) is 1. The quantitative estimate of drug-likeness (QED) is 0.446. The molecule has 1 aromatic carbocycles. The third-order valence-corrected chi connectivity index (χ3v) is 6.94. The Balaban J connectivity index is 1.74. The Hall–Kier alpha value is -3.14. The van der Waals surface area contributed by atoms with Crippen LogP contribution in [0, 0.1) is 5.92 Å². The van der Waals surface area contributed by atoms with Crippen LogP contribution in [0.4, 0.5) is 4.79 Å². The van der Waals surface area contributed by atoms with E-state index in [9.17, 15) is 24.3 Å². The van der Waals surface area contributed by atoms with Gasteiger partial charge in [-0.05, 0) is 51.0 Å². The summed E-state index contributed by atoms with van der Waals surface area (Å²) in [4.78, 5) is 53.5. The number of piperidine rings is 1. The maximum absolute atomic E-state index is 13.6. The summed E-state index contributed by atoms with van der Waals surface area (Å²) in [6, 6.07) is 6.60. The first-order valence-corrected chi connectivity index (χ1v) is 12.2. The molecule has 10 heteroatoms. The number of hydrogen-bond acceptors (Lipinski definition) is 6. The zero-order valence-electron chi connectivity index (χ0n) is 20.6. The lowest BCUT2D eigenvalue weighted by Crippen LogP contribution is -2.59. The molecule has 5 atom stereocenters. The van der Waals surface area contributed by atoms with Gasteiger partial charge in [0.25, 0.3) is 0 Å². The smallest absolute Gasteiger partial charge is 0.326 e. The molecule has 10 nitrogen and oxygen atoms in total. The summed E-state index contributed by atoms with van der Waals surface area (Å²) >= 11 is 0. The molecule has 0 bridgehead atoms. The van der Waals surface area contributed by atoms with Crippen LogP contribution in [-0.4, -0.2) is 89.7 Å². The van der Waals surface area contributed by atoms with E-state index in [0.717, 1.165) is 5.56 Å². The predicted octanol–water partition coefficient (Wildman–Crippen LogP) is 1.24. The topological polar surface area (TPSA) is 128 Å². The molecule has 2 aliphatic rings. The van der Waals surface area contributed by atoms with Gasteiger partial charge in [0.05, 0.1) is 18.7 Å². The number of urea groups is 1. The number of rotatable bonds is 9. The van der Waals surface area contributed by atoms with E-state index in [4.69, 9.17) is 4.74 Å². The molecule has 3 N–H and O–H groups in total. The van der Waals surface area contributed by atoms with Gasteiger partial charge in [-0.25, -0.2) is 9.59 Å². The first kappa shape index (κ1) is 26.5. The minimum atomic E-state index is -1.06. The number of benzene rings is 1. The summed E-state index contributed by atoms with van der Waals surface area (Å²) in [6.07, 6.45) is 2.04. The van der Waals surface area contributed by atoms with Crippen LogP contribution >= 0.6 is 0 Å². The summed E-state index contributed by atoms with van der Waals surface area (Å²) in [7, 11) is 1.54. The van der Waals surface area contributed by atoms with E-state index >= 15 is 0 Å². The molecule has 2 heterocycles. The second-order valence-corrected chi connectivity index (χ2v) is 9.17. The molecular formula is C25H36N4O6. The van der Waals surface area contributed by atoms with Crippen molar-refractivity contribution in [2.24, 2.45) is 5.92 Å². The Kier molecular flexibility index (Phi) is 9.08. The van der Waals surface area contributed by atoms with Crippen LogP contribution in [0.15, 0.2) is 30.3 Å². The number of carbonyl (C=O) groups excluding carboxylic acids is 3. The lowest BCUT2D eigenvalue weighted by Gasteiger charge is -2.39. The molecule has 35 heavy (non-hydrogen) atoms. The molecule has 3 amide bonds. The van der Waals surface area contributed by atoms with Gasteiger partial charge in [0.15, 0.2) is 0 Å². The molecule has 2 fully saturated rings. The average molecular weight is 489 g/mol. The van der Waals surface area contributed by atoms with Crippen molar-refractivity contribution in [2.75, 3.05) is 26.7 Å². The highest BCUT2D eigenvalue weighted by Crippen LogP contribution is 2.36. The first-order chi connectivity index (χ1) is 16.8. The molecule has 192 valence electrons. The molecule has 0 spiro atoms. The fourth-order valence-electron chi connectivity index (χ4n) is 5.15. The number of esters is 1. The van der Waals surface area contributed by atoms with Crippen molar-refractivity contribution in [1.29, 1.82) is 0 Å². The van der Waals surface area contributed by atoms with Gasteiger partial charge in [-0.3, -0.25) is 14.9 Å². The molecule has 0 saturated carbocycles. The number of carboxylic acids is 1. The zero-order chi connectivity index (χ0) is 25.5. The zero-order valence-corrected chi connectivity index (χ0v) is 20.6. The first-order valence-electron chi connectivity index (χ1n) is 12.2. The molecule has 3 rings (SSSR count). The number of nitrogens with one attached hydrogen (secondary N) is 2. The van der Waals surface area contributed by atoms with Gasteiger partial charge in [0.2, 0.25) is 5.91 Å². The van der Waals surface area contributed by atoms with Crippen LogP contribution in [0.3, 0.4) is 0 Å². The van der Waals surface area contributed by atoms with E-state index < -0.39 is 36.0 Å².